The summed E-state index contributed by atoms with van der Waals surface area (Å²) in [7, 11) is 0. The number of hydrogen-bond acceptors (Lipinski definition) is 3. The van der Waals surface area contributed by atoms with E-state index in [1.54, 1.807) is 0 Å². The van der Waals surface area contributed by atoms with Crippen molar-refractivity contribution in [1.29, 1.82) is 0 Å². The number of hydrogen-bond donors (Lipinski definition) is 1. The van der Waals surface area contributed by atoms with Crippen LogP contribution in [0.3, 0.4) is 0 Å². The Morgan fingerprint density at radius 3 is 2.75 bits per heavy atom. The van der Waals surface area contributed by atoms with Gasteiger partial charge in [0.1, 0.15) is 0 Å². The molecular formula is C13H26N2S. The summed E-state index contributed by atoms with van der Waals surface area (Å²) in [5.74, 6) is 0.984. The fourth-order valence-electron chi connectivity index (χ4n) is 3.02. The Labute approximate surface area is 106 Å². The fourth-order valence-corrected chi connectivity index (χ4v) is 3.12. The van der Waals surface area contributed by atoms with E-state index in [-0.39, 0.29) is 0 Å². The van der Waals surface area contributed by atoms with Crippen molar-refractivity contribution in [2.24, 2.45) is 5.41 Å². The first-order valence-corrected chi connectivity index (χ1v) is 7.31. The molecular weight excluding hydrogens is 216 g/mol. The molecule has 0 saturated carbocycles. The van der Waals surface area contributed by atoms with Crippen molar-refractivity contribution in [3.8, 4) is 0 Å². The third-order valence-corrected chi connectivity index (χ3v) is 4.86. The lowest BCUT2D eigenvalue weighted by atomic mass is 9.93. The number of fused-ring (bicyclic) bond motifs is 1. The second-order valence-corrected chi connectivity index (χ2v) is 6.56. The minimum Gasteiger partial charge on any atom is -0.300 e. The van der Waals surface area contributed by atoms with Gasteiger partial charge in [0.2, 0.25) is 0 Å². The quantitative estimate of drug-likeness (QED) is 0.757. The molecule has 2 fully saturated rings. The lowest BCUT2D eigenvalue weighted by Crippen LogP contribution is -2.56. The number of thiol groups is 1. The summed E-state index contributed by atoms with van der Waals surface area (Å²) in [6.07, 6.45) is 4.27. The fraction of sp³-hybridized carbons (Fsp3) is 1.00. The van der Waals surface area contributed by atoms with E-state index in [0.717, 1.165) is 11.8 Å². The summed E-state index contributed by atoms with van der Waals surface area (Å²) in [5.41, 5.74) is 0.361. The van der Waals surface area contributed by atoms with Crippen molar-refractivity contribution in [1.82, 2.24) is 9.80 Å². The Morgan fingerprint density at radius 2 is 2.00 bits per heavy atom. The lowest BCUT2D eigenvalue weighted by Gasteiger charge is -2.45. The van der Waals surface area contributed by atoms with Gasteiger partial charge in [0.15, 0.2) is 0 Å². The lowest BCUT2D eigenvalue weighted by molar-refractivity contribution is 0.0349. The van der Waals surface area contributed by atoms with E-state index in [0.29, 0.717) is 5.41 Å². The van der Waals surface area contributed by atoms with Crippen LogP contribution < -0.4 is 0 Å². The van der Waals surface area contributed by atoms with Crippen molar-refractivity contribution in [2.75, 3.05) is 38.5 Å². The standard InChI is InChI=1S/C13H26N2S/c1-13(2,11-16)10-14-7-8-15-6-4-3-5-12(15)9-14/h12,16H,3-11H2,1-2H3. The van der Waals surface area contributed by atoms with Crippen molar-refractivity contribution in [3.63, 3.8) is 0 Å². The van der Waals surface area contributed by atoms with Crippen molar-refractivity contribution in [2.45, 2.75) is 39.2 Å². The maximum atomic E-state index is 4.46. The van der Waals surface area contributed by atoms with Crippen LogP contribution in [0.2, 0.25) is 0 Å². The molecule has 2 heterocycles. The van der Waals surface area contributed by atoms with Crippen LogP contribution in [0.15, 0.2) is 0 Å². The molecule has 1 unspecified atom stereocenters. The monoisotopic (exact) mass is 242 g/mol. The first-order chi connectivity index (χ1) is 7.61. The molecule has 2 rings (SSSR count). The summed E-state index contributed by atoms with van der Waals surface area (Å²) in [4.78, 5) is 5.36. The van der Waals surface area contributed by atoms with Crippen LogP contribution in [0.4, 0.5) is 0 Å². The second-order valence-electron chi connectivity index (χ2n) is 6.24. The van der Waals surface area contributed by atoms with Gasteiger partial charge in [0.25, 0.3) is 0 Å². The third-order valence-electron chi connectivity index (χ3n) is 4.00. The summed E-state index contributed by atoms with van der Waals surface area (Å²) in [6, 6.07) is 0.846. The van der Waals surface area contributed by atoms with Gasteiger partial charge >= 0.3 is 0 Å². The van der Waals surface area contributed by atoms with Crippen molar-refractivity contribution >= 4 is 12.6 Å². The second kappa shape index (κ2) is 5.28. The number of nitrogens with zero attached hydrogens (tertiary/aromatic N) is 2. The summed E-state index contributed by atoms with van der Waals surface area (Å²) < 4.78 is 0. The van der Waals surface area contributed by atoms with E-state index in [1.807, 2.05) is 0 Å². The van der Waals surface area contributed by atoms with E-state index >= 15 is 0 Å². The Hall–Kier alpha value is 0.270. The van der Waals surface area contributed by atoms with Crippen LogP contribution in [0.25, 0.3) is 0 Å². The molecule has 0 radical (unpaired) electrons. The topological polar surface area (TPSA) is 6.48 Å². The molecule has 2 nitrogen and oxygen atoms in total. The van der Waals surface area contributed by atoms with E-state index in [2.05, 4.69) is 36.3 Å². The zero-order valence-corrected chi connectivity index (χ0v) is 11.7. The Bertz CT molecular complexity index is 230. The highest BCUT2D eigenvalue weighted by molar-refractivity contribution is 7.80. The summed E-state index contributed by atoms with van der Waals surface area (Å²) >= 11 is 4.46. The van der Waals surface area contributed by atoms with Gasteiger partial charge in [-0.15, -0.1) is 0 Å². The SMILES string of the molecule is CC(C)(CS)CN1CCN2CCCCC2C1. The average Bonchev–Trinajstić information content (AvgIpc) is 2.28. The maximum absolute atomic E-state index is 4.46. The average molecular weight is 242 g/mol. The van der Waals surface area contributed by atoms with Crippen LogP contribution in [0, 0.1) is 5.41 Å². The highest BCUT2D eigenvalue weighted by Crippen LogP contribution is 2.24. The predicted molar refractivity (Wildman–Crippen MR) is 73.3 cm³/mol. The number of piperazine rings is 1. The highest BCUT2D eigenvalue weighted by Gasteiger charge is 2.30. The smallest absolute Gasteiger partial charge is 0.0223 e. The Kier molecular flexibility index (Phi) is 4.20. The van der Waals surface area contributed by atoms with Crippen LogP contribution in [-0.4, -0.2) is 54.3 Å². The molecule has 0 N–H and O–H groups in total. The maximum Gasteiger partial charge on any atom is 0.0223 e. The number of rotatable bonds is 3. The zero-order valence-electron chi connectivity index (χ0n) is 10.8. The Morgan fingerprint density at radius 1 is 1.19 bits per heavy atom. The van der Waals surface area contributed by atoms with Gasteiger partial charge in [-0.2, -0.15) is 12.6 Å². The molecule has 0 aromatic rings. The van der Waals surface area contributed by atoms with Crippen LogP contribution in [0.5, 0.6) is 0 Å². The van der Waals surface area contributed by atoms with Crippen LogP contribution in [-0.2, 0) is 0 Å². The Balaban J connectivity index is 1.85. The highest BCUT2D eigenvalue weighted by atomic mass is 32.1. The molecule has 16 heavy (non-hydrogen) atoms. The van der Waals surface area contributed by atoms with Crippen molar-refractivity contribution < 1.29 is 0 Å². The largest absolute Gasteiger partial charge is 0.300 e. The molecule has 1 atom stereocenters. The van der Waals surface area contributed by atoms with Gasteiger partial charge in [-0.05, 0) is 30.6 Å². The molecule has 2 aliphatic heterocycles. The van der Waals surface area contributed by atoms with Gasteiger partial charge in [0.05, 0.1) is 0 Å². The molecule has 3 heteroatoms. The summed E-state index contributed by atoms with van der Waals surface area (Å²) in [5, 5.41) is 0. The molecule has 2 saturated heterocycles. The van der Waals surface area contributed by atoms with Gasteiger partial charge in [-0.3, -0.25) is 9.80 Å². The molecule has 0 spiro atoms. The molecule has 94 valence electrons. The zero-order chi connectivity index (χ0) is 11.6. The predicted octanol–water partition coefficient (Wildman–Crippen LogP) is 2.11. The van der Waals surface area contributed by atoms with E-state index in [1.165, 1.54) is 52.0 Å². The molecule has 0 amide bonds. The minimum absolute atomic E-state index is 0.361. The van der Waals surface area contributed by atoms with Crippen LogP contribution >= 0.6 is 12.6 Å². The first-order valence-electron chi connectivity index (χ1n) is 6.68. The first kappa shape index (κ1) is 12.7. The molecule has 0 aliphatic carbocycles. The van der Waals surface area contributed by atoms with Gasteiger partial charge in [-0.25, -0.2) is 0 Å². The van der Waals surface area contributed by atoms with Gasteiger partial charge in [0, 0.05) is 32.2 Å². The minimum atomic E-state index is 0.361. The van der Waals surface area contributed by atoms with Gasteiger partial charge in [-0.1, -0.05) is 20.3 Å². The van der Waals surface area contributed by atoms with E-state index < -0.39 is 0 Å². The number of piperidine rings is 1. The van der Waals surface area contributed by atoms with E-state index in [4.69, 9.17) is 0 Å². The van der Waals surface area contributed by atoms with Crippen LogP contribution in [0.1, 0.15) is 33.1 Å². The normalized spacial score (nSPS) is 29.1. The molecule has 0 aromatic heterocycles. The molecule has 0 bridgehead atoms. The third kappa shape index (κ3) is 3.14. The molecule has 0 aromatic carbocycles. The van der Waals surface area contributed by atoms with E-state index in [9.17, 15) is 0 Å². The summed E-state index contributed by atoms with van der Waals surface area (Å²) in [6.45, 7) is 11.0. The van der Waals surface area contributed by atoms with Crippen molar-refractivity contribution in [3.05, 3.63) is 0 Å². The molecule has 2 aliphatic rings. The van der Waals surface area contributed by atoms with Gasteiger partial charge < -0.3 is 0 Å².